The topological polar surface area (TPSA) is 173 Å². The lowest BCUT2D eigenvalue weighted by atomic mass is 10.0. The highest BCUT2D eigenvalue weighted by Crippen LogP contribution is 2.39. The van der Waals surface area contributed by atoms with Crippen LogP contribution in [-0.2, 0) is 25.7 Å². The highest BCUT2D eigenvalue weighted by atomic mass is 32.2. The van der Waals surface area contributed by atoms with Gasteiger partial charge in [0.25, 0.3) is 0 Å². The average molecular weight is 685 g/mol. The number of rotatable bonds is 15. The van der Waals surface area contributed by atoms with Gasteiger partial charge >= 0.3 is 5.97 Å². The Labute approximate surface area is 289 Å². The number of unbranched alkanes of at least 4 members (excludes halogenated alkanes) is 2. The van der Waals surface area contributed by atoms with Gasteiger partial charge in [-0.2, -0.15) is 0 Å². The number of pyridine rings is 1. The van der Waals surface area contributed by atoms with Gasteiger partial charge in [-0.05, 0) is 60.4 Å². The van der Waals surface area contributed by atoms with Crippen molar-refractivity contribution in [1.29, 1.82) is 0 Å². The molecule has 2 amide bonds. The number of carboxylic acid groups (broad SMARTS) is 1. The van der Waals surface area contributed by atoms with Crippen molar-refractivity contribution in [1.82, 2.24) is 4.98 Å². The van der Waals surface area contributed by atoms with Gasteiger partial charge in [0, 0.05) is 42.5 Å². The zero-order valence-electron chi connectivity index (χ0n) is 26.9. The molecule has 1 saturated heterocycles. The first-order chi connectivity index (χ1) is 23.8. The van der Waals surface area contributed by atoms with Crippen LogP contribution in [0.1, 0.15) is 78.0 Å². The number of nitrogen functional groups attached to an aromatic ring is 1. The van der Waals surface area contributed by atoms with Gasteiger partial charge in [-0.1, -0.05) is 55.0 Å². The molecule has 0 bridgehead atoms. The summed E-state index contributed by atoms with van der Waals surface area (Å²) in [5.74, 6) is -0.795. The molecule has 49 heavy (non-hydrogen) atoms. The molecule has 5 rings (SSSR count). The minimum absolute atomic E-state index is 0.0557. The number of aliphatic hydroxyl groups excluding tert-OH is 1. The molecule has 4 aromatic rings. The molecule has 12 heteroatoms. The van der Waals surface area contributed by atoms with Crippen LogP contribution < -0.4 is 16.4 Å². The summed E-state index contributed by atoms with van der Waals surface area (Å²) < 4.78 is 12.8. The average Bonchev–Trinajstić information content (AvgIpc) is 3.12. The largest absolute Gasteiger partial charge is 0.478 e. The summed E-state index contributed by atoms with van der Waals surface area (Å²) in [6.45, 7) is -0.0557. The van der Waals surface area contributed by atoms with Crippen LogP contribution in [0.15, 0.2) is 96.2 Å². The highest BCUT2D eigenvalue weighted by Gasteiger charge is 2.32. The predicted octanol–water partition coefficient (Wildman–Crippen LogP) is 6.72. The molecule has 3 unspecified atom stereocenters. The fourth-order valence-electron chi connectivity index (χ4n) is 5.38. The van der Waals surface area contributed by atoms with Gasteiger partial charge in [0.1, 0.15) is 5.03 Å². The van der Waals surface area contributed by atoms with Gasteiger partial charge < -0.3 is 36.1 Å². The number of amides is 2. The van der Waals surface area contributed by atoms with E-state index in [2.05, 4.69) is 15.6 Å². The van der Waals surface area contributed by atoms with Crippen LogP contribution in [0.5, 0.6) is 0 Å². The Bertz CT molecular complexity index is 1720. The van der Waals surface area contributed by atoms with Crippen molar-refractivity contribution < 1.29 is 34.1 Å². The number of nitrogens with one attached hydrogen (secondary N) is 2. The quantitative estimate of drug-likeness (QED) is 0.0514. The van der Waals surface area contributed by atoms with E-state index in [0.717, 1.165) is 23.1 Å². The summed E-state index contributed by atoms with van der Waals surface area (Å²) in [5, 5.41) is 25.2. The van der Waals surface area contributed by atoms with Crippen LogP contribution in [-0.4, -0.2) is 44.8 Å². The van der Waals surface area contributed by atoms with Gasteiger partial charge in [-0.3, -0.25) is 9.59 Å². The summed E-state index contributed by atoms with van der Waals surface area (Å²) >= 11 is 1.33. The van der Waals surface area contributed by atoms with Crippen molar-refractivity contribution in [2.24, 2.45) is 0 Å². The maximum absolute atomic E-state index is 12.6. The van der Waals surface area contributed by atoms with E-state index in [1.165, 1.54) is 17.8 Å². The first-order valence-electron chi connectivity index (χ1n) is 16.1. The van der Waals surface area contributed by atoms with Gasteiger partial charge in [-0.25, -0.2) is 9.78 Å². The SMILES string of the molecule is Nc1ccccc1NC(=O)CCCCCC(=O)Nc1ccc(C2OC(CSc3ncccc3C(=O)O)CC(c3ccc(CO)cc3)O2)cc1. The molecule has 256 valence electrons. The number of nitrogens with zero attached hydrogens (tertiary/aromatic N) is 1. The van der Waals surface area contributed by atoms with Crippen LogP contribution in [0.25, 0.3) is 0 Å². The minimum atomic E-state index is -1.04. The fraction of sp³-hybridized carbons (Fsp3) is 0.297. The van der Waals surface area contributed by atoms with E-state index in [1.54, 1.807) is 36.5 Å². The molecule has 1 aromatic heterocycles. The van der Waals surface area contributed by atoms with Crippen molar-refractivity contribution in [2.45, 2.75) is 68.7 Å². The molecule has 0 saturated carbocycles. The molecule has 1 aliphatic rings. The molecule has 1 fully saturated rings. The highest BCUT2D eigenvalue weighted by molar-refractivity contribution is 7.99. The third kappa shape index (κ3) is 10.4. The number of carbonyl (C=O) groups excluding carboxylic acids is 2. The number of thioether (sulfide) groups is 1. The van der Waals surface area contributed by atoms with E-state index in [9.17, 15) is 24.6 Å². The number of anilines is 3. The standard InChI is InChI=1S/C37H40N4O7S/c38-30-8-4-5-9-31(30)41-34(44)11-3-1-2-10-33(43)40-27-18-16-26(17-19-27)37-47-28(23-49-35-29(36(45)46)7-6-20-39-35)21-32(48-37)25-14-12-24(22-42)13-15-25/h4-9,12-20,28,32,37,42H,1-3,10-11,21-23,38H2,(H,40,43)(H,41,44)(H,45,46). The number of hydrogen-bond donors (Lipinski definition) is 5. The van der Waals surface area contributed by atoms with E-state index in [1.807, 2.05) is 48.5 Å². The summed E-state index contributed by atoms with van der Waals surface area (Å²) in [6.07, 6.45) is 3.56. The van der Waals surface area contributed by atoms with E-state index >= 15 is 0 Å². The van der Waals surface area contributed by atoms with Crippen molar-refractivity contribution >= 4 is 46.6 Å². The van der Waals surface area contributed by atoms with E-state index in [-0.39, 0.29) is 36.2 Å². The molecule has 2 heterocycles. The molecular formula is C37H40N4O7S. The third-order valence-corrected chi connectivity index (χ3v) is 9.17. The molecule has 1 aliphatic heterocycles. The first-order valence-corrected chi connectivity index (χ1v) is 17.1. The monoisotopic (exact) mass is 684 g/mol. The van der Waals surface area contributed by atoms with Crippen LogP contribution in [0, 0.1) is 0 Å². The molecule has 0 aliphatic carbocycles. The van der Waals surface area contributed by atoms with Crippen LogP contribution in [0.2, 0.25) is 0 Å². The second-order valence-corrected chi connectivity index (χ2v) is 12.7. The molecule has 3 aromatic carbocycles. The van der Waals surface area contributed by atoms with Crippen LogP contribution >= 0.6 is 11.8 Å². The van der Waals surface area contributed by atoms with E-state index in [4.69, 9.17) is 15.2 Å². The lowest BCUT2D eigenvalue weighted by molar-refractivity contribution is -0.245. The van der Waals surface area contributed by atoms with Gasteiger partial charge in [-0.15, -0.1) is 11.8 Å². The normalized spacial score (nSPS) is 17.3. The summed E-state index contributed by atoms with van der Waals surface area (Å²) in [6, 6.07) is 25.1. The van der Waals surface area contributed by atoms with E-state index in [0.29, 0.717) is 59.9 Å². The predicted molar refractivity (Wildman–Crippen MR) is 188 cm³/mol. The smallest absolute Gasteiger partial charge is 0.338 e. The number of carboxylic acids is 1. The first kappa shape index (κ1) is 35.6. The number of hydrogen-bond acceptors (Lipinski definition) is 9. The molecule has 3 atom stereocenters. The number of aromatic nitrogens is 1. The Hall–Kier alpha value is -4.75. The number of carbonyl (C=O) groups is 3. The minimum Gasteiger partial charge on any atom is -0.478 e. The Morgan fingerprint density at radius 3 is 2.22 bits per heavy atom. The molecule has 0 spiro atoms. The van der Waals surface area contributed by atoms with Crippen LogP contribution in [0.4, 0.5) is 17.1 Å². The molecule has 6 N–H and O–H groups in total. The molecule has 11 nitrogen and oxygen atoms in total. The Morgan fingerprint density at radius 1 is 0.837 bits per heavy atom. The number of benzene rings is 3. The van der Waals surface area contributed by atoms with Crippen molar-refractivity contribution in [3.63, 3.8) is 0 Å². The second-order valence-electron chi connectivity index (χ2n) is 11.7. The number of para-hydroxylation sites is 2. The lowest BCUT2D eigenvalue weighted by Gasteiger charge is -2.36. The van der Waals surface area contributed by atoms with Crippen molar-refractivity contribution in [3.8, 4) is 0 Å². The Kier molecular flexibility index (Phi) is 12.8. The Morgan fingerprint density at radius 2 is 1.53 bits per heavy atom. The van der Waals surface area contributed by atoms with Gasteiger partial charge in [0.2, 0.25) is 11.8 Å². The number of aliphatic hydroxyl groups is 1. The summed E-state index contributed by atoms with van der Waals surface area (Å²) in [4.78, 5) is 40.8. The Balaban J connectivity index is 1.14. The maximum Gasteiger partial charge on any atom is 0.338 e. The van der Waals surface area contributed by atoms with Crippen LogP contribution in [0.3, 0.4) is 0 Å². The zero-order chi connectivity index (χ0) is 34.6. The van der Waals surface area contributed by atoms with Gasteiger partial charge in [0.15, 0.2) is 6.29 Å². The van der Waals surface area contributed by atoms with E-state index < -0.39 is 12.3 Å². The zero-order valence-corrected chi connectivity index (χ0v) is 27.7. The van der Waals surface area contributed by atoms with Crippen molar-refractivity contribution in [3.05, 3.63) is 113 Å². The fourth-order valence-corrected chi connectivity index (χ4v) is 6.39. The molecular weight excluding hydrogens is 644 g/mol. The number of nitrogens with two attached hydrogens (primary N) is 1. The summed E-state index contributed by atoms with van der Waals surface area (Å²) in [5.41, 5.74) is 10.3. The maximum atomic E-state index is 12.6. The lowest BCUT2D eigenvalue weighted by Crippen LogP contribution is -2.31. The van der Waals surface area contributed by atoms with Crippen molar-refractivity contribution in [2.75, 3.05) is 22.1 Å². The number of aromatic carboxylic acids is 1. The third-order valence-electron chi connectivity index (χ3n) is 8.03. The van der Waals surface area contributed by atoms with Gasteiger partial charge in [0.05, 0.1) is 35.8 Å². The number of ether oxygens (including phenoxy) is 2. The second kappa shape index (κ2) is 17.6. The summed E-state index contributed by atoms with van der Waals surface area (Å²) in [7, 11) is 0. The molecule has 0 radical (unpaired) electrons.